The number of rotatable bonds is 3. The molecule has 78 valence electrons. The fraction of sp³-hybridized carbons (Fsp3) is 0.545. The molecule has 0 saturated carbocycles. The molecule has 3 heteroatoms. The zero-order valence-electron chi connectivity index (χ0n) is 9.09. The number of hydrogen-bond acceptors (Lipinski definition) is 3. The molecule has 0 saturated heterocycles. The van der Waals surface area contributed by atoms with Gasteiger partial charge >= 0.3 is 5.97 Å². The third-order valence-electron chi connectivity index (χ3n) is 1.19. The number of thioether (sulfide) groups is 1. The molecule has 0 spiro atoms. The van der Waals surface area contributed by atoms with Crippen molar-refractivity contribution >= 4 is 17.7 Å². The molecule has 0 aromatic rings. The van der Waals surface area contributed by atoms with Crippen molar-refractivity contribution in [1.29, 1.82) is 0 Å². The van der Waals surface area contributed by atoms with E-state index in [1.54, 1.807) is 31.7 Å². The molecular weight excluding hydrogens is 196 g/mol. The molecule has 0 aliphatic carbocycles. The zero-order valence-corrected chi connectivity index (χ0v) is 9.90. The summed E-state index contributed by atoms with van der Waals surface area (Å²) in [5, 5.41) is 1.93. The molecule has 0 unspecified atom stereocenters. The molecular formula is C11H16O2S. The lowest BCUT2D eigenvalue weighted by molar-refractivity contribution is -0.148. The average Bonchev–Trinajstić information content (AvgIpc) is 2.01. The summed E-state index contributed by atoms with van der Waals surface area (Å²) in [4.78, 5) is 10.7. The number of carbonyl (C=O) groups excluding carboxylic acids is 1. The first-order chi connectivity index (χ1) is 6.48. The lowest BCUT2D eigenvalue weighted by Crippen LogP contribution is -2.24. The van der Waals surface area contributed by atoms with E-state index in [4.69, 9.17) is 4.74 Å². The maximum Gasteiger partial charge on any atom is 0.304 e. The van der Waals surface area contributed by atoms with E-state index in [0.29, 0.717) is 0 Å². The second-order valence-electron chi connectivity index (χ2n) is 3.13. The minimum atomic E-state index is -0.701. The molecule has 0 aromatic carbocycles. The van der Waals surface area contributed by atoms with Gasteiger partial charge in [0.25, 0.3) is 0 Å². The standard InChI is InChI=1S/C11H16O2S/c1-5-14-9-7-6-8-11(3,4)13-10(2)12/h7,9H,5H2,1-4H3/b9-7+. The smallest absolute Gasteiger partial charge is 0.304 e. The Kier molecular flexibility index (Phi) is 6.14. The van der Waals surface area contributed by atoms with Crippen molar-refractivity contribution in [2.24, 2.45) is 0 Å². The molecule has 0 bridgehead atoms. The number of hydrogen-bond donors (Lipinski definition) is 0. The van der Waals surface area contributed by atoms with E-state index in [9.17, 15) is 4.79 Å². The number of allylic oxidation sites excluding steroid dienone is 1. The average molecular weight is 212 g/mol. The number of carbonyl (C=O) groups is 1. The van der Waals surface area contributed by atoms with E-state index in [0.717, 1.165) is 5.75 Å². The summed E-state index contributed by atoms with van der Waals surface area (Å²) < 4.78 is 4.99. The van der Waals surface area contributed by atoms with Crippen LogP contribution in [-0.4, -0.2) is 17.3 Å². The van der Waals surface area contributed by atoms with Crippen LogP contribution in [0, 0.1) is 11.8 Å². The molecule has 2 nitrogen and oxygen atoms in total. The van der Waals surface area contributed by atoms with Crippen LogP contribution in [0.15, 0.2) is 11.5 Å². The van der Waals surface area contributed by atoms with E-state index in [-0.39, 0.29) is 5.97 Å². The Balaban J connectivity index is 4.12. The molecule has 0 aromatic heterocycles. The Morgan fingerprint density at radius 2 is 2.21 bits per heavy atom. The van der Waals surface area contributed by atoms with Crippen molar-refractivity contribution in [1.82, 2.24) is 0 Å². The largest absolute Gasteiger partial charge is 0.447 e. The van der Waals surface area contributed by atoms with Crippen LogP contribution in [0.1, 0.15) is 27.7 Å². The highest BCUT2D eigenvalue weighted by Crippen LogP contribution is 2.07. The van der Waals surface area contributed by atoms with Crippen LogP contribution in [0.3, 0.4) is 0 Å². The van der Waals surface area contributed by atoms with Crippen molar-refractivity contribution in [2.45, 2.75) is 33.3 Å². The summed E-state index contributed by atoms with van der Waals surface area (Å²) in [6.45, 7) is 6.99. The summed E-state index contributed by atoms with van der Waals surface area (Å²) in [6, 6.07) is 0. The summed E-state index contributed by atoms with van der Waals surface area (Å²) in [5.41, 5.74) is -0.701. The van der Waals surface area contributed by atoms with Gasteiger partial charge in [-0.1, -0.05) is 18.8 Å². The van der Waals surface area contributed by atoms with Crippen LogP contribution in [0.25, 0.3) is 0 Å². The Hall–Kier alpha value is -0.880. The van der Waals surface area contributed by atoms with Gasteiger partial charge in [0.1, 0.15) is 0 Å². The number of ether oxygens (including phenoxy) is 1. The van der Waals surface area contributed by atoms with Crippen LogP contribution >= 0.6 is 11.8 Å². The van der Waals surface area contributed by atoms with E-state index < -0.39 is 5.60 Å². The second-order valence-corrected chi connectivity index (χ2v) is 4.31. The van der Waals surface area contributed by atoms with Gasteiger partial charge in [-0.05, 0) is 31.1 Å². The van der Waals surface area contributed by atoms with Crippen LogP contribution in [0.4, 0.5) is 0 Å². The fourth-order valence-corrected chi connectivity index (χ4v) is 1.14. The highest BCUT2D eigenvalue weighted by atomic mass is 32.2. The predicted octanol–water partition coefficient (Wildman–Crippen LogP) is 2.60. The monoisotopic (exact) mass is 212 g/mol. The summed E-state index contributed by atoms with van der Waals surface area (Å²) >= 11 is 1.68. The first-order valence-corrected chi connectivity index (χ1v) is 5.51. The molecule has 14 heavy (non-hydrogen) atoms. The Labute approximate surface area is 90.1 Å². The van der Waals surface area contributed by atoms with Crippen molar-refractivity contribution in [2.75, 3.05) is 5.75 Å². The van der Waals surface area contributed by atoms with Gasteiger partial charge in [-0.15, -0.1) is 11.8 Å². The van der Waals surface area contributed by atoms with E-state index in [1.165, 1.54) is 6.92 Å². The summed E-state index contributed by atoms with van der Waals surface area (Å²) in [7, 11) is 0. The van der Waals surface area contributed by atoms with Crippen LogP contribution < -0.4 is 0 Å². The van der Waals surface area contributed by atoms with Gasteiger partial charge in [-0.2, -0.15) is 0 Å². The lowest BCUT2D eigenvalue weighted by atomic mass is 10.1. The molecule has 0 radical (unpaired) electrons. The first kappa shape index (κ1) is 13.1. The normalized spacial score (nSPS) is 10.9. The van der Waals surface area contributed by atoms with Crippen molar-refractivity contribution in [3.8, 4) is 11.8 Å². The van der Waals surface area contributed by atoms with Gasteiger partial charge in [0, 0.05) is 6.92 Å². The van der Waals surface area contributed by atoms with Gasteiger partial charge < -0.3 is 4.74 Å². The second kappa shape index (κ2) is 6.56. The van der Waals surface area contributed by atoms with Gasteiger partial charge in [0.15, 0.2) is 5.60 Å². The zero-order chi connectivity index (χ0) is 11.0. The molecule has 0 aliphatic rings. The summed E-state index contributed by atoms with van der Waals surface area (Å²) in [5.74, 6) is 6.42. The molecule has 0 fully saturated rings. The van der Waals surface area contributed by atoms with Gasteiger partial charge in [0.2, 0.25) is 0 Å². The van der Waals surface area contributed by atoms with Gasteiger partial charge in [-0.25, -0.2) is 0 Å². The minimum absolute atomic E-state index is 0.309. The molecule has 0 rings (SSSR count). The predicted molar refractivity (Wildman–Crippen MR) is 60.9 cm³/mol. The Morgan fingerprint density at radius 1 is 1.57 bits per heavy atom. The highest BCUT2D eigenvalue weighted by molar-refractivity contribution is 8.02. The SMILES string of the molecule is CCS/C=C/C#CC(C)(C)OC(C)=O. The van der Waals surface area contributed by atoms with Crippen molar-refractivity contribution in [3.05, 3.63) is 11.5 Å². The third-order valence-corrected chi connectivity index (χ3v) is 1.85. The first-order valence-electron chi connectivity index (χ1n) is 4.47. The van der Waals surface area contributed by atoms with Crippen LogP contribution in [0.5, 0.6) is 0 Å². The van der Waals surface area contributed by atoms with Gasteiger partial charge in [0.05, 0.1) is 0 Å². The van der Waals surface area contributed by atoms with E-state index in [2.05, 4.69) is 18.8 Å². The molecule has 0 amide bonds. The molecule has 0 N–H and O–H groups in total. The molecule has 0 aliphatic heterocycles. The van der Waals surface area contributed by atoms with Crippen molar-refractivity contribution < 1.29 is 9.53 Å². The van der Waals surface area contributed by atoms with Crippen LogP contribution in [0.2, 0.25) is 0 Å². The van der Waals surface area contributed by atoms with Crippen LogP contribution in [-0.2, 0) is 9.53 Å². The molecule has 0 heterocycles. The van der Waals surface area contributed by atoms with Gasteiger partial charge in [-0.3, -0.25) is 4.79 Å². The topological polar surface area (TPSA) is 26.3 Å². The highest BCUT2D eigenvalue weighted by Gasteiger charge is 2.16. The Morgan fingerprint density at radius 3 is 2.71 bits per heavy atom. The maximum absolute atomic E-state index is 10.7. The molecule has 0 atom stereocenters. The fourth-order valence-electron chi connectivity index (χ4n) is 0.779. The van der Waals surface area contributed by atoms with E-state index in [1.807, 2.05) is 5.41 Å². The Bertz CT molecular complexity index is 269. The van der Waals surface area contributed by atoms with Crippen molar-refractivity contribution in [3.63, 3.8) is 0 Å². The lowest BCUT2D eigenvalue weighted by Gasteiger charge is -2.16. The maximum atomic E-state index is 10.7. The quantitative estimate of drug-likeness (QED) is 0.531. The third kappa shape index (κ3) is 7.75. The summed E-state index contributed by atoms with van der Waals surface area (Å²) in [6.07, 6.45) is 1.76. The number of esters is 1. The van der Waals surface area contributed by atoms with E-state index >= 15 is 0 Å². The minimum Gasteiger partial charge on any atom is -0.447 e.